The van der Waals surface area contributed by atoms with Crippen molar-refractivity contribution < 1.29 is 13.3 Å². The van der Waals surface area contributed by atoms with Crippen LogP contribution in [0, 0.1) is 10.1 Å². The molecule has 2 rings (SSSR count). The third kappa shape index (κ3) is 2.57. The van der Waals surface area contributed by atoms with E-state index >= 15 is 0 Å². The maximum absolute atomic E-state index is 12.4. The zero-order valence-corrected chi connectivity index (χ0v) is 11.1. The summed E-state index contributed by atoms with van der Waals surface area (Å²) in [6, 6.07) is 2.25. The summed E-state index contributed by atoms with van der Waals surface area (Å²) < 4.78 is 26.1. The van der Waals surface area contributed by atoms with E-state index in [0.29, 0.717) is 19.6 Å². The number of sulfonamides is 1. The van der Waals surface area contributed by atoms with E-state index in [9.17, 15) is 18.5 Å². The van der Waals surface area contributed by atoms with Crippen molar-refractivity contribution in [2.75, 3.05) is 19.6 Å². The standard InChI is InChI=1S/C10H14N4O4S/c1-2-13(8-5-11-6-8)19(17,18)9-3-4-10(12-7-9)14(15)16/h3-4,7-8,11H,2,5-6H2,1H3. The number of pyridine rings is 1. The van der Waals surface area contributed by atoms with Crippen LogP contribution in [0.1, 0.15) is 6.92 Å². The van der Waals surface area contributed by atoms with Crippen molar-refractivity contribution in [1.29, 1.82) is 0 Å². The lowest BCUT2D eigenvalue weighted by Gasteiger charge is -2.36. The maximum Gasteiger partial charge on any atom is 0.363 e. The first kappa shape index (κ1) is 13.8. The monoisotopic (exact) mass is 286 g/mol. The fourth-order valence-electron chi connectivity index (χ4n) is 1.87. The van der Waals surface area contributed by atoms with Gasteiger partial charge in [0.25, 0.3) is 0 Å². The molecule has 0 saturated carbocycles. The number of nitrogens with one attached hydrogen (secondary N) is 1. The Morgan fingerprint density at radius 2 is 2.21 bits per heavy atom. The molecule has 0 bridgehead atoms. The van der Waals surface area contributed by atoms with Crippen molar-refractivity contribution in [3.05, 3.63) is 28.4 Å². The van der Waals surface area contributed by atoms with Crippen molar-refractivity contribution >= 4 is 15.8 Å². The van der Waals surface area contributed by atoms with Crippen molar-refractivity contribution in [2.24, 2.45) is 0 Å². The van der Waals surface area contributed by atoms with Gasteiger partial charge in [-0.3, -0.25) is 0 Å². The third-order valence-electron chi connectivity index (χ3n) is 2.99. The van der Waals surface area contributed by atoms with Gasteiger partial charge in [0, 0.05) is 25.7 Å². The molecular formula is C10H14N4O4S. The molecular weight excluding hydrogens is 272 g/mol. The minimum atomic E-state index is -3.65. The zero-order valence-electron chi connectivity index (χ0n) is 10.3. The molecule has 0 unspecified atom stereocenters. The van der Waals surface area contributed by atoms with E-state index < -0.39 is 14.9 Å². The summed E-state index contributed by atoms with van der Waals surface area (Å²) in [7, 11) is -3.65. The Morgan fingerprint density at radius 1 is 1.53 bits per heavy atom. The second-order valence-corrected chi connectivity index (χ2v) is 6.02. The van der Waals surface area contributed by atoms with Crippen LogP contribution in [0.15, 0.2) is 23.2 Å². The largest absolute Gasteiger partial charge is 0.363 e. The molecule has 19 heavy (non-hydrogen) atoms. The van der Waals surface area contributed by atoms with Gasteiger partial charge in [-0.2, -0.15) is 4.31 Å². The van der Waals surface area contributed by atoms with E-state index in [0.717, 1.165) is 12.3 Å². The summed E-state index contributed by atoms with van der Waals surface area (Å²) in [4.78, 5) is 13.4. The minimum absolute atomic E-state index is 0.0214. The first-order chi connectivity index (χ1) is 8.96. The van der Waals surface area contributed by atoms with Gasteiger partial charge in [0.15, 0.2) is 6.20 Å². The topological polar surface area (TPSA) is 105 Å². The van der Waals surface area contributed by atoms with Gasteiger partial charge in [-0.1, -0.05) is 6.92 Å². The lowest BCUT2D eigenvalue weighted by atomic mass is 10.2. The smallest absolute Gasteiger partial charge is 0.358 e. The van der Waals surface area contributed by atoms with Gasteiger partial charge in [0.05, 0.1) is 6.04 Å². The van der Waals surface area contributed by atoms with Crippen molar-refractivity contribution in [2.45, 2.75) is 17.9 Å². The fourth-order valence-corrected chi connectivity index (χ4v) is 3.45. The van der Waals surface area contributed by atoms with E-state index in [-0.39, 0.29) is 16.8 Å². The molecule has 1 aromatic rings. The first-order valence-corrected chi connectivity index (χ1v) is 7.24. The second-order valence-electron chi connectivity index (χ2n) is 4.13. The Labute approximate surface area is 110 Å². The highest BCUT2D eigenvalue weighted by molar-refractivity contribution is 7.89. The Morgan fingerprint density at radius 3 is 2.58 bits per heavy atom. The molecule has 9 heteroatoms. The molecule has 0 amide bonds. The molecule has 8 nitrogen and oxygen atoms in total. The lowest BCUT2D eigenvalue weighted by molar-refractivity contribution is -0.389. The average Bonchev–Trinajstić information content (AvgIpc) is 2.33. The normalized spacial score (nSPS) is 16.3. The van der Waals surface area contributed by atoms with E-state index in [4.69, 9.17) is 0 Å². The molecule has 2 heterocycles. The number of nitrogens with zero attached hydrogens (tertiary/aromatic N) is 3. The Balaban J connectivity index is 2.29. The van der Waals surface area contributed by atoms with Gasteiger partial charge < -0.3 is 15.4 Å². The fraction of sp³-hybridized carbons (Fsp3) is 0.500. The highest BCUT2D eigenvalue weighted by Crippen LogP contribution is 2.20. The summed E-state index contributed by atoms with van der Waals surface area (Å²) in [5.74, 6) is -0.368. The van der Waals surface area contributed by atoms with Crippen LogP contribution in [0.25, 0.3) is 0 Å². The van der Waals surface area contributed by atoms with E-state index in [2.05, 4.69) is 10.3 Å². The van der Waals surface area contributed by atoms with Crippen LogP contribution in [0.4, 0.5) is 5.82 Å². The van der Waals surface area contributed by atoms with Crippen LogP contribution >= 0.6 is 0 Å². The van der Waals surface area contributed by atoms with Crippen LogP contribution in [0.5, 0.6) is 0 Å². The van der Waals surface area contributed by atoms with Gasteiger partial charge in [-0.05, 0) is 16.0 Å². The SMILES string of the molecule is CCN(C1CNC1)S(=O)(=O)c1ccc([N+](=O)[O-])nc1. The molecule has 0 spiro atoms. The lowest BCUT2D eigenvalue weighted by Crippen LogP contribution is -2.58. The highest BCUT2D eigenvalue weighted by atomic mass is 32.2. The van der Waals surface area contributed by atoms with Crippen LogP contribution in [-0.2, 0) is 10.0 Å². The Bertz CT molecular complexity index is 568. The van der Waals surface area contributed by atoms with E-state index in [1.54, 1.807) is 6.92 Å². The van der Waals surface area contributed by atoms with Crippen molar-refractivity contribution in [1.82, 2.24) is 14.6 Å². The molecule has 1 fully saturated rings. The molecule has 1 N–H and O–H groups in total. The van der Waals surface area contributed by atoms with E-state index in [1.807, 2.05) is 0 Å². The van der Waals surface area contributed by atoms with E-state index in [1.165, 1.54) is 10.4 Å². The van der Waals surface area contributed by atoms with Gasteiger partial charge in [-0.15, -0.1) is 0 Å². The molecule has 0 aliphatic carbocycles. The molecule has 0 radical (unpaired) electrons. The number of hydrogen-bond acceptors (Lipinski definition) is 6. The number of rotatable bonds is 5. The van der Waals surface area contributed by atoms with Gasteiger partial charge in [-0.25, -0.2) is 8.42 Å². The van der Waals surface area contributed by atoms with Crippen molar-refractivity contribution in [3.8, 4) is 0 Å². The summed E-state index contributed by atoms with van der Waals surface area (Å²) in [6.45, 7) is 3.35. The molecule has 1 aliphatic rings. The number of aromatic nitrogens is 1. The minimum Gasteiger partial charge on any atom is -0.358 e. The second kappa shape index (κ2) is 5.19. The van der Waals surface area contributed by atoms with Crippen LogP contribution in [-0.4, -0.2) is 48.3 Å². The van der Waals surface area contributed by atoms with Gasteiger partial charge >= 0.3 is 5.82 Å². The average molecular weight is 286 g/mol. The Kier molecular flexibility index (Phi) is 3.78. The Hall–Kier alpha value is -1.58. The zero-order chi connectivity index (χ0) is 14.0. The number of likely N-dealkylation sites (N-methyl/N-ethyl adjacent to an activating group) is 1. The maximum atomic E-state index is 12.4. The third-order valence-corrected chi connectivity index (χ3v) is 5.00. The molecule has 1 aliphatic heterocycles. The predicted molar refractivity (Wildman–Crippen MR) is 67.1 cm³/mol. The summed E-state index contributed by atoms with van der Waals surface area (Å²) >= 11 is 0. The molecule has 104 valence electrons. The summed E-state index contributed by atoms with van der Waals surface area (Å²) in [6.07, 6.45) is 1.03. The number of nitro groups is 1. The highest BCUT2D eigenvalue weighted by Gasteiger charge is 2.34. The molecule has 1 aromatic heterocycles. The van der Waals surface area contributed by atoms with Crippen molar-refractivity contribution in [3.63, 3.8) is 0 Å². The summed E-state index contributed by atoms with van der Waals surface area (Å²) in [5, 5.41) is 13.5. The van der Waals surface area contributed by atoms with Gasteiger partial charge in [0.1, 0.15) is 4.90 Å². The number of hydrogen-bond donors (Lipinski definition) is 1. The van der Waals surface area contributed by atoms with Crippen LogP contribution in [0.3, 0.4) is 0 Å². The molecule has 0 aromatic carbocycles. The predicted octanol–water partition coefficient (Wildman–Crippen LogP) is -0.0278. The first-order valence-electron chi connectivity index (χ1n) is 5.80. The van der Waals surface area contributed by atoms with Crippen LogP contribution < -0.4 is 5.32 Å². The quantitative estimate of drug-likeness (QED) is 0.602. The molecule has 0 atom stereocenters. The molecule has 1 saturated heterocycles. The van der Waals surface area contributed by atoms with Crippen LogP contribution in [0.2, 0.25) is 0 Å². The van der Waals surface area contributed by atoms with Gasteiger partial charge in [0.2, 0.25) is 10.0 Å². The summed E-state index contributed by atoms with van der Waals surface area (Å²) in [5.41, 5.74) is 0.